The molecule has 2 N–H and O–H groups in total. The minimum atomic E-state index is -5.01. The van der Waals surface area contributed by atoms with Gasteiger partial charge in [-0.05, 0) is 30.3 Å². The number of carbonyl (C=O) groups is 2. The number of carbonyl (C=O) groups excluding carboxylic acids is 1. The zero-order valence-electron chi connectivity index (χ0n) is 19.8. The molecule has 4 rings (SSSR count). The third-order valence-electron chi connectivity index (χ3n) is 6.19. The van der Waals surface area contributed by atoms with Gasteiger partial charge in [-0.15, -0.1) is 0 Å². The fraction of sp³-hybridized carbons (Fsp3) is 0.375. The Balaban J connectivity index is 1.50. The molecule has 0 spiro atoms. The van der Waals surface area contributed by atoms with Crippen LogP contribution in [0.5, 0.6) is 0 Å². The number of aliphatic hydroxyl groups is 1. The number of halogens is 6. The van der Waals surface area contributed by atoms with Crippen molar-refractivity contribution >= 4 is 46.3 Å². The van der Waals surface area contributed by atoms with Crippen molar-refractivity contribution in [2.24, 2.45) is 5.92 Å². The van der Waals surface area contributed by atoms with Crippen molar-refractivity contribution in [1.82, 2.24) is 9.80 Å². The predicted molar refractivity (Wildman–Crippen MR) is 132 cm³/mol. The Kier molecular flexibility index (Phi) is 8.17. The monoisotopic (exact) mass is 594 g/mol. The quantitative estimate of drug-likeness (QED) is 0.264. The minimum Gasteiger partial charge on any atom is -0.481 e. The first kappa shape index (κ1) is 29.1. The van der Waals surface area contributed by atoms with Gasteiger partial charge < -0.3 is 14.6 Å². The smallest absolute Gasteiger partial charge is 0.416 e. The third-order valence-corrected chi connectivity index (χ3v) is 7.56. The van der Waals surface area contributed by atoms with Crippen molar-refractivity contribution in [1.29, 1.82) is 0 Å². The Morgan fingerprint density at radius 2 is 1.74 bits per heavy atom. The van der Waals surface area contributed by atoms with Crippen molar-refractivity contribution in [3.63, 3.8) is 0 Å². The average Bonchev–Trinajstić information content (AvgIpc) is 3.51. The van der Waals surface area contributed by atoms with E-state index >= 15 is 0 Å². The van der Waals surface area contributed by atoms with Crippen LogP contribution in [0.4, 0.5) is 26.3 Å². The number of aliphatic hydroxyl groups excluding tert-OH is 1. The molecule has 0 radical (unpaired) electrons. The van der Waals surface area contributed by atoms with Gasteiger partial charge in [0.05, 0.1) is 28.6 Å². The van der Waals surface area contributed by atoms with Gasteiger partial charge in [0.15, 0.2) is 0 Å². The number of benzene rings is 1. The summed E-state index contributed by atoms with van der Waals surface area (Å²) >= 11 is 6.22. The van der Waals surface area contributed by atoms with E-state index in [0.29, 0.717) is 18.7 Å². The van der Waals surface area contributed by atoms with Crippen molar-refractivity contribution in [2.75, 3.05) is 26.2 Å². The highest BCUT2D eigenvalue weighted by molar-refractivity contribution is 8.26. The Bertz CT molecular complexity index is 1290. The van der Waals surface area contributed by atoms with Gasteiger partial charge in [0, 0.05) is 43.7 Å². The summed E-state index contributed by atoms with van der Waals surface area (Å²) in [6.45, 7) is 0.950. The molecule has 1 aromatic carbocycles. The number of thioether (sulfide) groups is 1. The summed E-state index contributed by atoms with van der Waals surface area (Å²) in [5.74, 6) is -2.09. The highest BCUT2D eigenvalue weighted by Crippen LogP contribution is 2.40. The van der Waals surface area contributed by atoms with Gasteiger partial charge in [0.25, 0.3) is 5.91 Å². The zero-order chi connectivity index (χ0) is 28.7. The predicted octanol–water partition coefficient (Wildman–Crippen LogP) is 4.95. The molecule has 2 saturated heterocycles. The number of β-amino-alcohol motifs (C(OH)–C–C–N with tert-alkyl or cyclic N) is 1. The normalized spacial score (nSPS) is 21.9. The standard InChI is InChI=1S/C24H20F6N2O5S2/c25-23(26,27)14-5-12(6-15(7-14)24(28,29)30)18-2-1-16(37-18)8-19-21(36)32(22(38)39-19)10-13-9-31(11-17(13)33)4-3-20(34)35/h1-2,5-8,13,17,33H,3-4,9-11H2,(H,34,35). The van der Waals surface area contributed by atoms with Crippen molar-refractivity contribution in [2.45, 2.75) is 24.9 Å². The molecule has 7 nitrogen and oxygen atoms in total. The van der Waals surface area contributed by atoms with Gasteiger partial charge in [-0.25, -0.2) is 0 Å². The third kappa shape index (κ3) is 6.83. The van der Waals surface area contributed by atoms with Crippen LogP contribution in [0.25, 0.3) is 17.4 Å². The molecule has 1 amide bonds. The maximum Gasteiger partial charge on any atom is 0.416 e. The zero-order valence-corrected chi connectivity index (χ0v) is 21.4. The number of nitrogens with zero attached hydrogens (tertiary/aromatic N) is 2. The number of thiocarbonyl (C=S) groups is 1. The van der Waals surface area contributed by atoms with E-state index in [4.69, 9.17) is 21.7 Å². The summed E-state index contributed by atoms with van der Waals surface area (Å²) in [6, 6.07) is 3.61. The number of carboxylic acid groups (broad SMARTS) is 1. The fourth-order valence-electron chi connectivity index (χ4n) is 4.26. The van der Waals surface area contributed by atoms with Crippen LogP contribution in [0, 0.1) is 5.92 Å². The Hall–Kier alpha value is -2.88. The number of likely N-dealkylation sites (tertiary alicyclic amines) is 1. The number of aliphatic carboxylic acids is 1. The van der Waals surface area contributed by atoms with E-state index in [2.05, 4.69) is 0 Å². The van der Waals surface area contributed by atoms with Gasteiger partial charge in [-0.3, -0.25) is 19.4 Å². The van der Waals surface area contributed by atoms with Crippen LogP contribution in [0.2, 0.25) is 0 Å². The summed E-state index contributed by atoms with van der Waals surface area (Å²) in [5.41, 5.74) is -3.41. The molecule has 2 aliphatic heterocycles. The number of alkyl halides is 6. The fourth-order valence-corrected chi connectivity index (χ4v) is 5.52. The lowest BCUT2D eigenvalue weighted by Crippen LogP contribution is -2.37. The minimum absolute atomic E-state index is 0.0113. The number of furan rings is 1. The number of carboxylic acids is 1. The highest BCUT2D eigenvalue weighted by atomic mass is 32.2. The average molecular weight is 595 g/mol. The van der Waals surface area contributed by atoms with Gasteiger partial charge in [0.2, 0.25) is 0 Å². The van der Waals surface area contributed by atoms with E-state index in [9.17, 15) is 41.0 Å². The van der Waals surface area contributed by atoms with E-state index in [0.717, 1.165) is 11.8 Å². The van der Waals surface area contributed by atoms with Gasteiger partial charge in [-0.1, -0.05) is 24.0 Å². The van der Waals surface area contributed by atoms with E-state index in [1.54, 1.807) is 4.90 Å². The largest absolute Gasteiger partial charge is 0.481 e. The molecule has 0 aliphatic carbocycles. The van der Waals surface area contributed by atoms with Crippen LogP contribution in [-0.4, -0.2) is 68.5 Å². The first-order valence-electron chi connectivity index (χ1n) is 11.4. The van der Waals surface area contributed by atoms with Crippen molar-refractivity contribution in [3.8, 4) is 11.3 Å². The molecule has 15 heteroatoms. The summed E-state index contributed by atoms with van der Waals surface area (Å²) < 4.78 is 84.9. The van der Waals surface area contributed by atoms with E-state index in [1.807, 2.05) is 0 Å². The Morgan fingerprint density at radius 3 is 2.33 bits per heavy atom. The lowest BCUT2D eigenvalue weighted by atomic mass is 10.0. The number of hydrogen-bond acceptors (Lipinski definition) is 7. The molecule has 2 aromatic rings. The summed E-state index contributed by atoms with van der Waals surface area (Å²) in [6.07, 6.45) is -9.63. The Labute approximate surface area is 227 Å². The first-order chi connectivity index (χ1) is 18.1. The van der Waals surface area contributed by atoms with Crippen LogP contribution in [-0.2, 0) is 21.9 Å². The van der Waals surface area contributed by atoms with Crippen molar-refractivity contribution < 1.29 is 50.6 Å². The second kappa shape index (κ2) is 10.9. The topological polar surface area (TPSA) is 94.2 Å². The summed E-state index contributed by atoms with van der Waals surface area (Å²) in [7, 11) is 0. The molecule has 3 heterocycles. The number of amides is 1. The van der Waals surface area contributed by atoms with Crippen LogP contribution in [0.3, 0.4) is 0 Å². The van der Waals surface area contributed by atoms with E-state index in [1.165, 1.54) is 23.1 Å². The summed E-state index contributed by atoms with van der Waals surface area (Å²) in [4.78, 5) is 27.0. The van der Waals surface area contributed by atoms with Crippen LogP contribution < -0.4 is 0 Å². The molecule has 2 aliphatic rings. The summed E-state index contributed by atoms with van der Waals surface area (Å²) in [5, 5.41) is 19.2. The molecule has 2 atom stereocenters. The van der Waals surface area contributed by atoms with Gasteiger partial charge in [-0.2, -0.15) is 26.3 Å². The molecule has 0 bridgehead atoms. The molecule has 0 saturated carbocycles. The second-order valence-corrected chi connectivity index (χ2v) is 10.7. The first-order valence-corrected chi connectivity index (χ1v) is 12.6. The second-order valence-electron chi connectivity index (χ2n) is 9.02. The van der Waals surface area contributed by atoms with Crippen molar-refractivity contribution in [3.05, 3.63) is 52.1 Å². The molecule has 210 valence electrons. The molecule has 2 fully saturated rings. The number of hydrogen-bond donors (Lipinski definition) is 2. The molecular weight excluding hydrogens is 574 g/mol. The highest BCUT2D eigenvalue weighted by Gasteiger charge is 2.39. The van der Waals surface area contributed by atoms with Gasteiger partial charge in [0.1, 0.15) is 15.8 Å². The lowest BCUT2D eigenvalue weighted by Gasteiger charge is -2.21. The van der Waals surface area contributed by atoms with Gasteiger partial charge >= 0.3 is 18.3 Å². The molecule has 2 unspecified atom stereocenters. The van der Waals surface area contributed by atoms with E-state index in [-0.39, 0.29) is 58.8 Å². The maximum absolute atomic E-state index is 13.2. The Morgan fingerprint density at radius 1 is 1.10 bits per heavy atom. The lowest BCUT2D eigenvalue weighted by molar-refractivity contribution is -0.143. The van der Waals surface area contributed by atoms with Crippen LogP contribution >= 0.6 is 24.0 Å². The number of rotatable bonds is 7. The van der Waals surface area contributed by atoms with Crippen LogP contribution in [0.15, 0.2) is 39.7 Å². The molecular formula is C24H20F6N2O5S2. The molecule has 1 aromatic heterocycles. The van der Waals surface area contributed by atoms with E-state index < -0.39 is 47.0 Å². The maximum atomic E-state index is 13.2. The SMILES string of the molecule is O=C(O)CCN1CC(O)C(CN2C(=O)C(=Cc3ccc(-c4cc(C(F)(F)F)cc(C(F)(F)F)c4)o3)SC2=S)C1. The van der Waals surface area contributed by atoms with Crippen LogP contribution in [0.1, 0.15) is 23.3 Å². The molecule has 39 heavy (non-hydrogen) atoms.